The monoisotopic (exact) mass is 478 g/mol. The number of carbonyl (C=O) groups is 1. The highest BCUT2D eigenvalue weighted by atomic mass is 19.4. The summed E-state index contributed by atoms with van der Waals surface area (Å²) >= 11 is 0. The standard InChI is InChI=1S/C20H21F3N8O3/c1-13(28-15-12-27-29-17(32)16(15)20(21,22)23)3-2-8-34-19(33)31-6-4-30(5-7-31)18-25-10-14(9-24)11-26-18/h2-3,10-13H,4-8H2,1H3,(H2,28,29,32)/b3-2+/t13-/m0/s1. The highest BCUT2D eigenvalue weighted by molar-refractivity contribution is 5.68. The summed E-state index contributed by atoms with van der Waals surface area (Å²) in [6, 6.07) is 1.35. The van der Waals surface area contributed by atoms with Gasteiger partial charge >= 0.3 is 12.3 Å². The first-order chi connectivity index (χ1) is 16.2. The van der Waals surface area contributed by atoms with E-state index in [1.165, 1.54) is 29.4 Å². The van der Waals surface area contributed by atoms with Gasteiger partial charge in [0.2, 0.25) is 5.95 Å². The van der Waals surface area contributed by atoms with Crippen molar-refractivity contribution >= 4 is 17.7 Å². The number of nitrogens with zero attached hydrogens (tertiary/aromatic N) is 6. The van der Waals surface area contributed by atoms with Crippen LogP contribution in [-0.2, 0) is 10.9 Å². The summed E-state index contributed by atoms with van der Waals surface area (Å²) in [7, 11) is 0. The number of ether oxygens (including phenoxy) is 1. The minimum atomic E-state index is -4.84. The average molecular weight is 478 g/mol. The van der Waals surface area contributed by atoms with Crippen LogP contribution in [0.5, 0.6) is 0 Å². The van der Waals surface area contributed by atoms with Gasteiger partial charge in [0.15, 0.2) is 0 Å². The Balaban J connectivity index is 1.45. The van der Waals surface area contributed by atoms with Crippen LogP contribution in [0.25, 0.3) is 0 Å². The fourth-order valence-corrected chi connectivity index (χ4v) is 3.18. The van der Waals surface area contributed by atoms with Gasteiger partial charge in [0.05, 0.1) is 29.8 Å². The molecule has 1 atom stereocenters. The first kappa shape index (κ1) is 24.5. The summed E-state index contributed by atoms with van der Waals surface area (Å²) < 4.78 is 44.5. The van der Waals surface area contributed by atoms with Crippen LogP contribution in [0.2, 0.25) is 0 Å². The van der Waals surface area contributed by atoms with Gasteiger partial charge in [-0.2, -0.15) is 23.5 Å². The summed E-state index contributed by atoms with van der Waals surface area (Å²) in [5.41, 5.74) is -2.79. The number of carbonyl (C=O) groups excluding carboxylic acids is 1. The smallest absolute Gasteiger partial charge is 0.423 e. The first-order valence-electron chi connectivity index (χ1n) is 10.2. The van der Waals surface area contributed by atoms with Crippen LogP contribution < -0.4 is 15.8 Å². The molecule has 1 aliphatic rings. The summed E-state index contributed by atoms with van der Waals surface area (Å²) in [6.07, 6.45) is 1.39. The number of nitrogens with one attached hydrogen (secondary N) is 2. The third kappa shape index (κ3) is 6.21. The van der Waals surface area contributed by atoms with E-state index in [-0.39, 0.29) is 6.61 Å². The molecule has 0 radical (unpaired) electrons. The molecular formula is C20H21F3N8O3. The Morgan fingerprint density at radius 2 is 1.97 bits per heavy atom. The molecule has 0 spiro atoms. The van der Waals surface area contributed by atoms with Crippen molar-refractivity contribution in [1.29, 1.82) is 5.26 Å². The molecule has 180 valence electrons. The average Bonchev–Trinajstić information content (AvgIpc) is 2.81. The summed E-state index contributed by atoms with van der Waals surface area (Å²) in [4.78, 5) is 35.4. The summed E-state index contributed by atoms with van der Waals surface area (Å²) in [6.45, 7) is 3.25. The van der Waals surface area contributed by atoms with Gasteiger partial charge in [-0.15, -0.1) is 0 Å². The molecular weight excluding hydrogens is 457 g/mol. The number of aromatic amines is 1. The first-order valence-corrected chi connectivity index (χ1v) is 10.2. The van der Waals surface area contributed by atoms with Crippen LogP contribution in [0.1, 0.15) is 18.1 Å². The van der Waals surface area contributed by atoms with E-state index >= 15 is 0 Å². The third-order valence-corrected chi connectivity index (χ3v) is 4.84. The number of hydrogen-bond donors (Lipinski definition) is 2. The maximum atomic E-state index is 13.1. The highest BCUT2D eigenvalue weighted by Gasteiger charge is 2.37. The van der Waals surface area contributed by atoms with E-state index in [9.17, 15) is 22.8 Å². The van der Waals surface area contributed by atoms with Crippen molar-refractivity contribution in [3.8, 4) is 6.07 Å². The number of alkyl halides is 3. The zero-order valence-corrected chi connectivity index (χ0v) is 18.0. The molecule has 2 aromatic heterocycles. The van der Waals surface area contributed by atoms with Crippen molar-refractivity contribution in [3.05, 3.63) is 52.2 Å². The Labute approximate surface area is 191 Å². The molecule has 3 rings (SSSR count). The second kappa shape index (κ2) is 10.6. The van der Waals surface area contributed by atoms with Gasteiger partial charge in [-0.1, -0.05) is 6.08 Å². The molecule has 1 saturated heterocycles. The third-order valence-electron chi connectivity index (χ3n) is 4.84. The zero-order valence-electron chi connectivity index (χ0n) is 18.0. The molecule has 2 N–H and O–H groups in total. The molecule has 0 unspecified atom stereocenters. The fourth-order valence-electron chi connectivity index (χ4n) is 3.18. The van der Waals surface area contributed by atoms with Crippen LogP contribution in [0, 0.1) is 11.3 Å². The van der Waals surface area contributed by atoms with Gasteiger partial charge < -0.3 is 19.9 Å². The highest BCUT2D eigenvalue weighted by Crippen LogP contribution is 2.31. The lowest BCUT2D eigenvalue weighted by atomic mass is 10.2. The Kier molecular flexibility index (Phi) is 7.67. The Morgan fingerprint density at radius 1 is 1.29 bits per heavy atom. The number of H-pyrrole nitrogens is 1. The van der Waals surface area contributed by atoms with Crippen molar-refractivity contribution in [2.24, 2.45) is 0 Å². The molecule has 0 aromatic carbocycles. The van der Waals surface area contributed by atoms with Crippen molar-refractivity contribution in [2.75, 3.05) is 43.0 Å². The van der Waals surface area contributed by atoms with Crippen molar-refractivity contribution < 1.29 is 22.7 Å². The number of rotatable bonds is 6. The zero-order chi connectivity index (χ0) is 24.7. The second-order valence-corrected chi connectivity index (χ2v) is 7.28. The Morgan fingerprint density at radius 3 is 2.59 bits per heavy atom. The van der Waals surface area contributed by atoms with Gasteiger partial charge in [0.1, 0.15) is 18.2 Å². The molecule has 11 nitrogen and oxygen atoms in total. The van der Waals surface area contributed by atoms with Crippen LogP contribution in [-0.4, -0.2) is 70.0 Å². The van der Waals surface area contributed by atoms with Gasteiger partial charge in [-0.3, -0.25) is 4.79 Å². The predicted octanol–water partition coefficient (Wildman–Crippen LogP) is 1.77. The predicted molar refractivity (Wildman–Crippen MR) is 114 cm³/mol. The van der Waals surface area contributed by atoms with Gasteiger partial charge in [-0.05, 0) is 13.0 Å². The molecule has 0 aliphatic carbocycles. The molecule has 1 amide bonds. The number of piperazine rings is 1. The molecule has 34 heavy (non-hydrogen) atoms. The van der Waals surface area contributed by atoms with Crippen molar-refractivity contribution in [3.63, 3.8) is 0 Å². The lowest BCUT2D eigenvalue weighted by Crippen LogP contribution is -2.49. The lowest BCUT2D eigenvalue weighted by Gasteiger charge is -2.33. The minimum absolute atomic E-state index is 0.0798. The van der Waals surface area contributed by atoms with E-state index in [0.717, 1.165) is 6.20 Å². The fraction of sp³-hybridized carbons (Fsp3) is 0.400. The van der Waals surface area contributed by atoms with Crippen LogP contribution in [0.15, 0.2) is 35.5 Å². The topological polar surface area (TPSA) is 140 Å². The van der Waals surface area contributed by atoms with E-state index in [4.69, 9.17) is 10.00 Å². The Hall–Kier alpha value is -4.15. The van der Waals surface area contributed by atoms with E-state index in [1.54, 1.807) is 12.0 Å². The number of aromatic nitrogens is 4. The molecule has 14 heteroatoms. The SMILES string of the molecule is C[C@@H](/C=C/COC(=O)N1CCN(c2ncc(C#N)cn2)CC1)Nc1cn[nH]c(=O)c1C(F)(F)F. The molecule has 3 heterocycles. The Bertz CT molecular complexity index is 1120. The van der Waals surface area contributed by atoms with Crippen LogP contribution in [0.3, 0.4) is 0 Å². The van der Waals surface area contributed by atoms with E-state index < -0.39 is 35.1 Å². The summed E-state index contributed by atoms with van der Waals surface area (Å²) in [5, 5.41) is 16.5. The molecule has 0 bridgehead atoms. The van der Waals surface area contributed by atoms with E-state index in [2.05, 4.69) is 20.4 Å². The minimum Gasteiger partial charge on any atom is -0.445 e. The van der Waals surface area contributed by atoms with Crippen molar-refractivity contribution in [2.45, 2.75) is 19.1 Å². The number of hydrogen-bond acceptors (Lipinski definition) is 9. The second-order valence-electron chi connectivity index (χ2n) is 7.28. The van der Waals surface area contributed by atoms with Crippen LogP contribution in [0.4, 0.5) is 29.6 Å². The quantitative estimate of drug-likeness (QED) is 0.594. The number of halogens is 3. The van der Waals surface area contributed by atoms with Gasteiger partial charge in [0.25, 0.3) is 5.56 Å². The lowest BCUT2D eigenvalue weighted by molar-refractivity contribution is -0.138. The van der Waals surface area contributed by atoms with Gasteiger partial charge in [-0.25, -0.2) is 19.9 Å². The maximum Gasteiger partial charge on any atom is 0.423 e. The number of amides is 1. The van der Waals surface area contributed by atoms with E-state index in [0.29, 0.717) is 37.7 Å². The largest absolute Gasteiger partial charge is 0.445 e. The normalized spacial score (nSPS) is 15.1. The molecule has 0 saturated carbocycles. The molecule has 1 fully saturated rings. The molecule has 1 aliphatic heterocycles. The number of nitriles is 1. The summed E-state index contributed by atoms with van der Waals surface area (Å²) in [5.74, 6) is 0.473. The van der Waals surface area contributed by atoms with E-state index in [1.807, 2.05) is 11.0 Å². The molecule has 2 aromatic rings. The van der Waals surface area contributed by atoms with Gasteiger partial charge in [0, 0.05) is 32.2 Å². The number of anilines is 2. The van der Waals surface area contributed by atoms with Crippen LogP contribution >= 0.6 is 0 Å². The van der Waals surface area contributed by atoms with Crippen molar-refractivity contribution in [1.82, 2.24) is 25.1 Å². The maximum absolute atomic E-state index is 13.1.